The van der Waals surface area contributed by atoms with Crippen molar-refractivity contribution in [1.82, 2.24) is 15.1 Å². The molecule has 1 atom stereocenters. The van der Waals surface area contributed by atoms with Crippen molar-refractivity contribution < 1.29 is 4.79 Å². The van der Waals surface area contributed by atoms with E-state index in [1.807, 2.05) is 4.90 Å². The molecule has 16 heavy (non-hydrogen) atoms. The highest BCUT2D eigenvalue weighted by atomic mass is 16.2. The van der Waals surface area contributed by atoms with Crippen LogP contribution in [0, 0.1) is 0 Å². The number of hydrogen-bond donors (Lipinski definition) is 1. The number of carbonyl (C=O) groups is 1. The maximum absolute atomic E-state index is 12.0. The zero-order valence-corrected chi connectivity index (χ0v) is 10.2. The summed E-state index contributed by atoms with van der Waals surface area (Å²) >= 11 is 0. The smallest absolute Gasteiger partial charge is 0.223 e. The number of rotatable bonds is 3. The lowest BCUT2D eigenvalue weighted by Crippen LogP contribution is -2.51. The van der Waals surface area contributed by atoms with Crippen LogP contribution < -0.4 is 5.32 Å². The average molecular weight is 225 g/mol. The fourth-order valence-electron chi connectivity index (χ4n) is 2.58. The average Bonchev–Trinajstić information content (AvgIpc) is 2.78. The predicted octanol–water partition coefficient (Wildman–Crippen LogP) is 0.293. The summed E-state index contributed by atoms with van der Waals surface area (Å²) in [4.78, 5) is 16.4. The van der Waals surface area contributed by atoms with E-state index in [0.717, 1.165) is 26.2 Å². The number of nitrogens with one attached hydrogen (secondary N) is 1. The Balaban J connectivity index is 1.70. The van der Waals surface area contributed by atoms with Crippen molar-refractivity contribution in [3.8, 4) is 0 Å². The van der Waals surface area contributed by atoms with Gasteiger partial charge in [-0.2, -0.15) is 0 Å². The minimum absolute atomic E-state index is 0.334. The van der Waals surface area contributed by atoms with Crippen LogP contribution in [0.15, 0.2) is 0 Å². The Morgan fingerprint density at radius 2 is 2.06 bits per heavy atom. The van der Waals surface area contributed by atoms with E-state index in [4.69, 9.17) is 0 Å². The van der Waals surface area contributed by atoms with Crippen molar-refractivity contribution >= 4 is 5.91 Å². The summed E-state index contributed by atoms with van der Waals surface area (Å²) in [6.45, 7) is 8.16. The summed E-state index contributed by atoms with van der Waals surface area (Å²) in [6.07, 6.45) is 3.31. The minimum Gasteiger partial charge on any atom is -0.340 e. The topological polar surface area (TPSA) is 35.6 Å². The van der Waals surface area contributed by atoms with Gasteiger partial charge in [-0.25, -0.2) is 0 Å². The molecule has 0 aromatic rings. The standard InChI is InChI=1S/C12H23N3O/c1-11-10-15(9-5-13-11)12(16)4-8-14-6-2-3-7-14/h11,13H,2-10H2,1H3/t11-/m1/s1. The molecule has 0 unspecified atom stereocenters. The summed E-state index contributed by atoms with van der Waals surface area (Å²) in [5.74, 6) is 0.334. The first-order valence-electron chi connectivity index (χ1n) is 6.49. The molecule has 2 fully saturated rings. The second-order valence-corrected chi connectivity index (χ2v) is 4.99. The molecule has 4 nitrogen and oxygen atoms in total. The van der Waals surface area contributed by atoms with Crippen molar-refractivity contribution in [2.45, 2.75) is 32.2 Å². The molecule has 0 radical (unpaired) electrons. The molecule has 0 aromatic heterocycles. The molecule has 1 amide bonds. The Bertz CT molecular complexity index is 238. The van der Waals surface area contributed by atoms with Gasteiger partial charge in [0.2, 0.25) is 5.91 Å². The van der Waals surface area contributed by atoms with Gasteiger partial charge in [0, 0.05) is 38.6 Å². The van der Waals surface area contributed by atoms with E-state index in [2.05, 4.69) is 17.1 Å². The summed E-state index contributed by atoms with van der Waals surface area (Å²) in [6, 6.07) is 0.449. The molecule has 2 rings (SSSR count). The third-order valence-corrected chi connectivity index (χ3v) is 3.56. The molecule has 0 aliphatic carbocycles. The third-order valence-electron chi connectivity index (χ3n) is 3.56. The molecule has 2 heterocycles. The van der Waals surface area contributed by atoms with Crippen molar-refractivity contribution in [1.29, 1.82) is 0 Å². The van der Waals surface area contributed by atoms with E-state index in [9.17, 15) is 4.79 Å². The van der Waals surface area contributed by atoms with E-state index in [1.54, 1.807) is 0 Å². The first-order chi connectivity index (χ1) is 7.75. The van der Waals surface area contributed by atoms with Gasteiger partial charge in [-0.1, -0.05) is 0 Å². The molecular weight excluding hydrogens is 202 g/mol. The van der Waals surface area contributed by atoms with Crippen LogP contribution in [0.5, 0.6) is 0 Å². The zero-order chi connectivity index (χ0) is 11.4. The largest absolute Gasteiger partial charge is 0.340 e. The lowest BCUT2D eigenvalue weighted by molar-refractivity contribution is -0.132. The first-order valence-corrected chi connectivity index (χ1v) is 6.49. The van der Waals surface area contributed by atoms with E-state index in [1.165, 1.54) is 25.9 Å². The van der Waals surface area contributed by atoms with Crippen LogP contribution in [0.25, 0.3) is 0 Å². The van der Waals surface area contributed by atoms with Crippen molar-refractivity contribution in [2.75, 3.05) is 39.3 Å². The Morgan fingerprint density at radius 3 is 2.75 bits per heavy atom. The quantitative estimate of drug-likeness (QED) is 0.750. The molecule has 2 saturated heterocycles. The van der Waals surface area contributed by atoms with Gasteiger partial charge in [0.1, 0.15) is 0 Å². The monoisotopic (exact) mass is 225 g/mol. The molecule has 0 spiro atoms. The highest BCUT2D eigenvalue weighted by Crippen LogP contribution is 2.09. The fraction of sp³-hybridized carbons (Fsp3) is 0.917. The number of likely N-dealkylation sites (tertiary alicyclic amines) is 1. The Morgan fingerprint density at radius 1 is 1.31 bits per heavy atom. The molecule has 0 aromatic carbocycles. The second-order valence-electron chi connectivity index (χ2n) is 4.99. The SMILES string of the molecule is C[C@@H]1CN(C(=O)CCN2CCCC2)CCN1. The van der Waals surface area contributed by atoms with E-state index < -0.39 is 0 Å². The van der Waals surface area contributed by atoms with Crippen molar-refractivity contribution in [2.24, 2.45) is 0 Å². The minimum atomic E-state index is 0.334. The van der Waals surface area contributed by atoms with Crippen LogP contribution in [-0.4, -0.2) is 61.0 Å². The molecule has 2 aliphatic rings. The molecule has 92 valence electrons. The van der Waals surface area contributed by atoms with Crippen LogP contribution in [0.4, 0.5) is 0 Å². The first kappa shape index (κ1) is 11.9. The van der Waals surface area contributed by atoms with Gasteiger partial charge in [0.05, 0.1) is 0 Å². The Kier molecular flexibility index (Phi) is 4.18. The number of hydrogen-bond acceptors (Lipinski definition) is 3. The van der Waals surface area contributed by atoms with E-state index in [0.29, 0.717) is 18.4 Å². The van der Waals surface area contributed by atoms with Gasteiger partial charge in [0.25, 0.3) is 0 Å². The summed E-state index contributed by atoms with van der Waals surface area (Å²) < 4.78 is 0. The van der Waals surface area contributed by atoms with Gasteiger partial charge in [0.15, 0.2) is 0 Å². The van der Waals surface area contributed by atoms with Gasteiger partial charge in [-0.3, -0.25) is 4.79 Å². The molecule has 0 saturated carbocycles. The third kappa shape index (κ3) is 3.19. The van der Waals surface area contributed by atoms with Crippen LogP contribution in [0.2, 0.25) is 0 Å². The van der Waals surface area contributed by atoms with Crippen molar-refractivity contribution in [3.63, 3.8) is 0 Å². The summed E-state index contributed by atoms with van der Waals surface area (Å²) in [5.41, 5.74) is 0. The highest BCUT2D eigenvalue weighted by molar-refractivity contribution is 5.76. The normalized spacial score (nSPS) is 27.3. The van der Waals surface area contributed by atoms with E-state index in [-0.39, 0.29) is 0 Å². The molecule has 0 bridgehead atoms. The predicted molar refractivity (Wildman–Crippen MR) is 64.3 cm³/mol. The fourth-order valence-corrected chi connectivity index (χ4v) is 2.58. The maximum atomic E-state index is 12.0. The van der Waals surface area contributed by atoms with Crippen molar-refractivity contribution in [3.05, 3.63) is 0 Å². The second kappa shape index (κ2) is 5.64. The van der Waals surface area contributed by atoms with Crippen LogP contribution in [0.1, 0.15) is 26.2 Å². The molecular formula is C12H23N3O. The number of carbonyl (C=O) groups excluding carboxylic acids is 1. The van der Waals surface area contributed by atoms with Crippen LogP contribution in [0.3, 0.4) is 0 Å². The number of amides is 1. The lowest BCUT2D eigenvalue weighted by Gasteiger charge is -2.32. The summed E-state index contributed by atoms with van der Waals surface area (Å²) in [7, 11) is 0. The van der Waals surface area contributed by atoms with Gasteiger partial charge < -0.3 is 15.1 Å². The Hall–Kier alpha value is -0.610. The molecule has 4 heteroatoms. The van der Waals surface area contributed by atoms with Gasteiger partial charge in [-0.05, 0) is 32.9 Å². The zero-order valence-electron chi connectivity index (χ0n) is 10.2. The highest BCUT2D eigenvalue weighted by Gasteiger charge is 2.21. The van der Waals surface area contributed by atoms with Gasteiger partial charge >= 0.3 is 0 Å². The number of nitrogens with zero attached hydrogens (tertiary/aromatic N) is 2. The van der Waals surface area contributed by atoms with Gasteiger partial charge in [-0.15, -0.1) is 0 Å². The van der Waals surface area contributed by atoms with Crippen LogP contribution in [-0.2, 0) is 4.79 Å². The summed E-state index contributed by atoms with van der Waals surface area (Å²) in [5, 5.41) is 3.36. The maximum Gasteiger partial charge on any atom is 0.223 e. The molecule has 1 N–H and O–H groups in total. The Labute approximate surface area is 98.0 Å². The lowest BCUT2D eigenvalue weighted by atomic mass is 10.2. The molecule has 2 aliphatic heterocycles. The van der Waals surface area contributed by atoms with E-state index >= 15 is 0 Å². The van der Waals surface area contributed by atoms with Crippen LogP contribution >= 0.6 is 0 Å². The number of piperazine rings is 1.